The van der Waals surface area contributed by atoms with E-state index in [1.807, 2.05) is 0 Å². The molecule has 0 fully saturated rings. The fourth-order valence-electron chi connectivity index (χ4n) is 1.93. The summed E-state index contributed by atoms with van der Waals surface area (Å²) in [5.74, 6) is 1.14. The largest absolute Gasteiger partial charge is 0.497 e. The monoisotopic (exact) mass is 305 g/mol. The molecule has 0 atom stereocenters. The van der Waals surface area contributed by atoms with Gasteiger partial charge in [0.25, 0.3) is 5.91 Å². The number of hydrogen-bond donors (Lipinski definition) is 1. The van der Waals surface area contributed by atoms with Crippen molar-refractivity contribution in [3.63, 3.8) is 0 Å². The van der Waals surface area contributed by atoms with Crippen molar-refractivity contribution in [2.45, 2.75) is 6.54 Å². The van der Waals surface area contributed by atoms with E-state index in [-0.39, 0.29) is 5.91 Å². The molecular formula is C16H16ClNO3. The molecule has 2 aromatic carbocycles. The summed E-state index contributed by atoms with van der Waals surface area (Å²) in [5, 5.41) is 3.43. The number of ether oxygens (including phenoxy) is 2. The first-order chi connectivity index (χ1) is 10.1. The Labute approximate surface area is 128 Å². The summed E-state index contributed by atoms with van der Waals surface area (Å²) >= 11 is 5.96. The highest BCUT2D eigenvalue weighted by atomic mass is 35.5. The maximum atomic E-state index is 12.1. The summed E-state index contributed by atoms with van der Waals surface area (Å²) in [5.41, 5.74) is 1.36. The van der Waals surface area contributed by atoms with Crippen LogP contribution in [0.1, 0.15) is 15.9 Å². The summed E-state index contributed by atoms with van der Waals surface area (Å²) in [4.78, 5) is 12.1. The topological polar surface area (TPSA) is 47.6 Å². The van der Waals surface area contributed by atoms with Gasteiger partial charge in [0, 0.05) is 22.7 Å². The molecule has 0 aromatic heterocycles. The summed E-state index contributed by atoms with van der Waals surface area (Å²) in [6.45, 7) is 0.333. The lowest BCUT2D eigenvalue weighted by Crippen LogP contribution is -2.23. The van der Waals surface area contributed by atoms with Crippen LogP contribution in [0.15, 0.2) is 42.5 Å². The predicted octanol–water partition coefficient (Wildman–Crippen LogP) is 3.29. The van der Waals surface area contributed by atoms with Crippen LogP contribution >= 0.6 is 11.6 Å². The molecule has 1 N–H and O–H groups in total. The molecule has 4 nitrogen and oxygen atoms in total. The molecule has 1 amide bonds. The molecule has 0 bridgehead atoms. The van der Waals surface area contributed by atoms with Crippen molar-refractivity contribution < 1.29 is 14.3 Å². The van der Waals surface area contributed by atoms with Crippen LogP contribution in [0.3, 0.4) is 0 Å². The van der Waals surface area contributed by atoms with E-state index in [0.717, 1.165) is 5.56 Å². The smallest absolute Gasteiger partial charge is 0.251 e. The van der Waals surface area contributed by atoms with Crippen molar-refractivity contribution in [3.8, 4) is 11.5 Å². The van der Waals surface area contributed by atoms with E-state index in [1.165, 1.54) is 0 Å². The Balaban J connectivity index is 2.08. The Bertz CT molecular complexity index is 643. The number of hydrogen-bond acceptors (Lipinski definition) is 3. The van der Waals surface area contributed by atoms with Gasteiger partial charge in [-0.15, -0.1) is 0 Å². The van der Waals surface area contributed by atoms with E-state index >= 15 is 0 Å². The highest BCUT2D eigenvalue weighted by Gasteiger charge is 2.09. The van der Waals surface area contributed by atoms with Crippen LogP contribution in [-0.4, -0.2) is 20.1 Å². The number of methoxy groups -OCH3 is 2. The lowest BCUT2D eigenvalue weighted by atomic mass is 10.1. The Morgan fingerprint density at radius 1 is 1.14 bits per heavy atom. The van der Waals surface area contributed by atoms with Crippen molar-refractivity contribution in [1.29, 1.82) is 0 Å². The van der Waals surface area contributed by atoms with Gasteiger partial charge in [-0.25, -0.2) is 0 Å². The first kappa shape index (κ1) is 15.2. The Kier molecular flexibility index (Phi) is 5.06. The number of amides is 1. The molecule has 0 aliphatic heterocycles. The minimum absolute atomic E-state index is 0.184. The van der Waals surface area contributed by atoms with Crippen molar-refractivity contribution >= 4 is 17.5 Å². The number of halogens is 1. The molecule has 0 aliphatic rings. The third kappa shape index (κ3) is 3.89. The first-order valence-corrected chi connectivity index (χ1v) is 6.76. The van der Waals surface area contributed by atoms with Gasteiger partial charge in [0.1, 0.15) is 11.5 Å². The lowest BCUT2D eigenvalue weighted by Gasteiger charge is -2.10. The third-order valence-corrected chi connectivity index (χ3v) is 3.25. The standard InChI is InChI=1S/C16H16ClNO3/c1-20-14-5-3-4-11(9-14)16(19)18-10-12-8-13(17)6-7-15(12)21-2/h3-9H,10H2,1-2H3,(H,18,19). The van der Waals surface area contributed by atoms with E-state index in [0.29, 0.717) is 28.6 Å². The third-order valence-electron chi connectivity index (χ3n) is 3.01. The number of benzene rings is 2. The molecule has 0 saturated heterocycles. The van der Waals surface area contributed by atoms with Gasteiger partial charge >= 0.3 is 0 Å². The maximum absolute atomic E-state index is 12.1. The Morgan fingerprint density at radius 2 is 1.95 bits per heavy atom. The molecule has 0 unspecified atom stereocenters. The van der Waals surface area contributed by atoms with Gasteiger partial charge in [0.15, 0.2) is 0 Å². The Hall–Kier alpha value is -2.20. The van der Waals surface area contributed by atoms with Gasteiger partial charge in [-0.05, 0) is 36.4 Å². The molecule has 5 heteroatoms. The molecule has 0 spiro atoms. The van der Waals surface area contributed by atoms with Gasteiger partial charge in [-0.2, -0.15) is 0 Å². The lowest BCUT2D eigenvalue weighted by molar-refractivity contribution is 0.0950. The van der Waals surface area contributed by atoms with Gasteiger partial charge in [0.05, 0.1) is 14.2 Å². The minimum Gasteiger partial charge on any atom is -0.497 e. The van der Waals surface area contributed by atoms with Gasteiger partial charge in [-0.3, -0.25) is 4.79 Å². The minimum atomic E-state index is -0.184. The second kappa shape index (κ2) is 6.99. The fourth-order valence-corrected chi connectivity index (χ4v) is 2.12. The molecule has 2 aromatic rings. The van der Waals surface area contributed by atoms with Crippen LogP contribution in [0.4, 0.5) is 0 Å². The van der Waals surface area contributed by atoms with Crippen LogP contribution in [-0.2, 0) is 6.54 Å². The van der Waals surface area contributed by atoms with E-state index < -0.39 is 0 Å². The normalized spacial score (nSPS) is 10.0. The summed E-state index contributed by atoms with van der Waals surface area (Å²) in [6.07, 6.45) is 0. The quantitative estimate of drug-likeness (QED) is 0.922. The van der Waals surface area contributed by atoms with Gasteiger partial charge in [0.2, 0.25) is 0 Å². The van der Waals surface area contributed by atoms with Crippen molar-refractivity contribution in [3.05, 3.63) is 58.6 Å². The average molecular weight is 306 g/mol. The zero-order valence-corrected chi connectivity index (χ0v) is 12.6. The zero-order valence-electron chi connectivity index (χ0n) is 11.9. The molecule has 110 valence electrons. The van der Waals surface area contributed by atoms with Gasteiger partial charge < -0.3 is 14.8 Å². The first-order valence-electron chi connectivity index (χ1n) is 6.38. The number of nitrogens with one attached hydrogen (secondary N) is 1. The number of carbonyl (C=O) groups excluding carboxylic acids is 1. The second-order valence-electron chi connectivity index (χ2n) is 4.37. The predicted molar refractivity (Wildman–Crippen MR) is 82.2 cm³/mol. The molecule has 0 saturated carbocycles. The molecule has 0 radical (unpaired) electrons. The molecule has 0 aliphatic carbocycles. The molecular weight excluding hydrogens is 290 g/mol. The summed E-state index contributed by atoms with van der Waals surface area (Å²) in [7, 11) is 3.14. The van der Waals surface area contributed by atoms with Crippen LogP contribution < -0.4 is 14.8 Å². The van der Waals surface area contributed by atoms with Gasteiger partial charge in [-0.1, -0.05) is 17.7 Å². The van der Waals surface area contributed by atoms with Crippen molar-refractivity contribution in [2.24, 2.45) is 0 Å². The second-order valence-corrected chi connectivity index (χ2v) is 4.81. The van der Waals surface area contributed by atoms with Crippen LogP contribution in [0.2, 0.25) is 5.02 Å². The number of carbonyl (C=O) groups is 1. The maximum Gasteiger partial charge on any atom is 0.251 e. The number of rotatable bonds is 5. The van der Waals surface area contributed by atoms with Crippen LogP contribution in [0, 0.1) is 0 Å². The van der Waals surface area contributed by atoms with Crippen molar-refractivity contribution in [2.75, 3.05) is 14.2 Å². The van der Waals surface area contributed by atoms with E-state index in [1.54, 1.807) is 56.7 Å². The summed E-state index contributed by atoms with van der Waals surface area (Å²) in [6, 6.07) is 12.3. The van der Waals surface area contributed by atoms with E-state index in [2.05, 4.69) is 5.32 Å². The van der Waals surface area contributed by atoms with E-state index in [4.69, 9.17) is 21.1 Å². The fraction of sp³-hybridized carbons (Fsp3) is 0.188. The zero-order chi connectivity index (χ0) is 15.2. The van der Waals surface area contributed by atoms with Crippen LogP contribution in [0.5, 0.6) is 11.5 Å². The highest BCUT2D eigenvalue weighted by Crippen LogP contribution is 2.22. The average Bonchev–Trinajstić information content (AvgIpc) is 2.52. The SMILES string of the molecule is COc1cccc(C(=O)NCc2cc(Cl)ccc2OC)c1. The van der Waals surface area contributed by atoms with Crippen molar-refractivity contribution in [1.82, 2.24) is 5.32 Å². The highest BCUT2D eigenvalue weighted by molar-refractivity contribution is 6.30. The molecule has 0 heterocycles. The molecule has 2 rings (SSSR count). The van der Waals surface area contributed by atoms with E-state index in [9.17, 15) is 4.79 Å². The summed E-state index contributed by atoms with van der Waals surface area (Å²) < 4.78 is 10.3. The Morgan fingerprint density at radius 3 is 2.67 bits per heavy atom. The molecule has 21 heavy (non-hydrogen) atoms. The van der Waals surface area contributed by atoms with Crippen LogP contribution in [0.25, 0.3) is 0 Å².